The maximum absolute atomic E-state index is 12.1. The van der Waals surface area contributed by atoms with Gasteiger partial charge >= 0.3 is 0 Å². The van der Waals surface area contributed by atoms with E-state index in [9.17, 15) is 4.79 Å². The third-order valence-electron chi connectivity index (χ3n) is 3.35. The third kappa shape index (κ3) is 2.69. The Hall–Kier alpha value is -1.29. The summed E-state index contributed by atoms with van der Waals surface area (Å²) in [6.45, 7) is 7.83. The number of nitrogens with one attached hydrogen (secondary N) is 2. The van der Waals surface area contributed by atoms with Gasteiger partial charge in [-0.15, -0.1) is 0 Å². The van der Waals surface area contributed by atoms with Gasteiger partial charge in [0.05, 0.1) is 0 Å². The van der Waals surface area contributed by atoms with Crippen LogP contribution in [-0.2, 0) is 0 Å². The first-order valence-corrected chi connectivity index (χ1v) is 6.16. The lowest BCUT2D eigenvalue weighted by molar-refractivity contribution is 0.0884. The first-order valence-electron chi connectivity index (χ1n) is 6.16. The van der Waals surface area contributed by atoms with Crippen molar-refractivity contribution in [1.29, 1.82) is 0 Å². The van der Waals surface area contributed by atoms with Gasteiger partial charge in [0.25, 0.3) is 5.91 Å². The highest BCUT2D eigenvalue weighted by Crippen LogP contribution is 2.16. The Bertz CT molecular complexity index is 412. The van der Waals surface area contributed by atoms with Crippen LogP contribution >= 0.6 is 0 Å². The van der Waals surface area contributed by atoms with E-state index in [1.54, 1.807) is 0 Å². The standard InChI is InChI=1S/C13H20N2O2/c1-8-6-10(3)17-12(8)13(16)15-11-4-5-14-7-9(11)2/h6,9,11,14H,4-5,7H2,1-3H3,(H,15,16). The van der Waals surface area contributed by atoms with Crippen LogP contribution in [0.3, 0.4) is 0 Å². The zero-order valence-electron chi connectivity index (χ0n) is 10.7. The van der Waals surface area contributed by atoms with E-state index in [-0.39, 0.29) is 11.9 Å². The van der Waals surface area contributed by atoms with Crippen LogP contribution in [0.5, 0.6) is 0 Å². The normalized spacial score (nSPS) is 24.6. The van der Waals surface area contributed by atoms with E-state index in [4.69, 9.17) is 4.42 Å². The highest BCUT2D eigenvalue weighted by Gasteiger charge is 2.24. The van der Waals surface area contributed by atoms with Crippen LogP contribution in [0.25, 0.3) is 0 Å². The van der Waals surface area contributed by atoms with Crippen LogP contribution in [0, 0.1) is 19.8 Å². The minimum absolute atomic E-state index is 0.0886. The molecule has 0 radical (unpaired) electrons. The Morgan fingerprint density at radius 3 is 2.88 bits per heavy atom. The second-order valence-electron chi connectivity index (χ2n) is 4.92. The number of carbonyl (C=O) groups is 1. The smallest absolute Gasteiger partial charge is 0.287 e. The van der Waals surface area contributed by atoms with Gasteiger partial charge in [-0.3, -0.25) is 4.79 Å². The van der Waals surface area contributed by atoms with Crippen LogP contribution in [0.1, 0.15) is 35.2 Å². The summed E-state index contributed by atoms with van der Waals surface area (Å²) in [5, 5.41) is 6.38. The minimum Gasteiger partial charge on any atom is -0.456 e. The van der Waals surface area contributed by atoms with Crippen LogP contribution in [0.15, 0.2) is 10.5 Å². The van der Waals surface area contributed by atoms with Crippen molar-refractivity contribution in [2.45, 2.75) is 33.2 Å². The van der Waals surface area contributed by atoms with Crippen molar-refractivity contribution in [2.24, 2.45) is 5.92 Å². The molecule has 1 aliphatic rings. The van der Waals surface area contributed by atoms with Crippen molar-refractivity contribution in [1.82, 2.24) is 10.6 Å². The summed E-state index contributed by atoms with van der Waals surface area (Å²) in [6, 6.07) is 2.13. The van der Waals surface area contributed by atoms with Crippen molar-refractivity contribution < 1.29 is 9.21 Å². The molecule has 2 unspecified atom stereocenters. The number of hydrogen-bond acceptors (Lipinski definition) is 3. The Morgan fingerprint density at radius 1 is 1.53 bits per heavy atom. The number of carbonyl (C=O) groups excluding carboxylic acids is 1. The average molecular weight is 236 g/mol. The number of aryl methyl sites for hydroxylation is 2. The molecule has 0 aliphatic carbocycles. The summed E-state index contributed by atoms with van der Waals surface area (Å²) < 4.78 is 5.43. The van der Waals surface area contributed by atoms with Gasteiger partial charge in [-0.05, 0) is 45.3 Å². The molecule has 2 atom stereocenters. The maximum atomic E-state index is 12.1. The van der Waals surface area contributed by atoms with Crippen molar-refractivity contribution in [3.05, 3.63) is 23.2 Å². The van der Waals surface area contributed by atoms with Gasteiger partial charge in [0, 0.05) is 11.6 Å². The van der Waals surface area contributed by atoms with Gasteiger partial charge in [0.1, 0.15) is 5.76 Å². The number of piperidine rings is 1. The van der Waals surface area contributed by atoms with E-state index in [0.717, 1.165) is 30.8 Å². The fourth-order valence-corrected chi connectivity index (χ4v) is 2.33. The zero-order chi connectivity index (χ0) is 12.4. The van der Waals surface area contributed by atoms with E-state index in [1.807, 2.05) is 19.9 Å². The summed E-state index contributed by atoms with van der Waals surface area (Å²) in [5.74, 6) is 1.61. The Balaban J connectivity index is 2.03. The first kappa shape index (κ1) is 12.2. The largest absolute Gasteiger partial charge is 0.456 e. The third-order valence-corrected chi connectivity index (χ3v) is 3.35. The van der Waals surface area contributed by atoms with Crippen molar-refractivity contribution >= 4 is 5.91 Å². The fourth-order valence-electron chi connectivity index (χ4n) is 2.33. The molecule has 4 nitrogen and oxygen atoms in total. The van der Waals surface area contributed by atoms with Gasteiger partial charge in [-0.1, -0.05) is 6.92 Å². The summed E-state index contributed by atoms with van der Waals surface area (Å²) >= 11 is 0. The lowest BCUT2D eigenvalue weighted by Gasteiger charge is -2.29. The zero-order valence-corrected chi connectivity index (χ0v) is 10.7. The van der Waals surface area contributed by atoms with Crippen molar-refractivity contribution in [3.8, 4) is 0 Å². The van der Waals surface area contributed by atoms with E-state index in [1.165, 1.54) is 0 Å². The van der Waals surface area contributed by atoms with Gasteiger partial charge in [0.2, 0.25) is 0 Å². The second-order valence-corrected chi connectivity index (χ2v) is 4.92. The number of amides is 1. The van der Waals surface area contributed by atoms with Gasteiger partial charge in [-0.25, -0.2) is 0 Å². The lowest BCUT2D eigenvalue weighted by atomic mass is 9.95. The Kier molecular flexibility index (Phi) is 3.52. The predicted octanol–water partition coefficient (Wildman–Crippen LogP) is 1.62. The fraction of sp³-hybridized carbons (Fsp3) is 0.615. The average Bonchev–Trinajstić information content (AvgIpc) is 2.61. The molecule has 1 amide bonds. The van der Waals surface area contributed by atoms with E-state index < -0.39 is 0 Å². The molecule has 0 saturated carbocycles. The highest BCUT2D eigenvalue weighted by atomic mass is 16.3. The molecule has 2 rings (SSSR count). The van der Waals surface area contributed by atoms with Crippen LogP contribution in [0.2, 0.25) is 0 Å². The monoisotopic (exact) mass is 236 g/mol. The topological polar surface area (TPSA) is 54.3 Å². The quantitative estimate of drug-likeness (QED) is 0.820. The van der Waals surface area contributed by atoms with E-state index >= 15 is 0 Å². The highest BCUT2D eigenvalue weighted by molar-refractivity contribution is 5.93. The molecule has 2 N–H and O–H groups in total. The summed E-state index contributed by atoms with van der Waals surface area (Å²) in [6.07, 6.45) is 0.978. The molecule has 0 bridgehead atoms. The summed E-state index contributed by atoms with van der Waals surface area (Å²) in [7, 11) is 0. The molecule has 0 spiro atoms. The van der Waals surface area contributed by atoms with Crippen LogP contribution in [-0.4, -0.2) is 25.0 Å². The molecule has 1 saturated heterocycles. The predicted molar refractivity (Wildman–Crippen MR) is 66.1 cm³/mol. The summed E-state index contributed by atoms with van der Waals surface area (Å²) in [5.41, 5.74) is 0.904. The molecule has 1 aromatic rings. The molecule has 1 aromatic heterocycles. The molecular weight excluding hydrogens is 216 g/mol. The SMILES string of the molecule is Cc1cc(C)c(C(=O)NC2CCNCC2C)o1. The van der Waals surface area contributed by atoms with Gasteiger partial charge < -0.3 is 15.1 Å². The minimum atomic E-state index is -0.0886. The lowest BCUT2D eigenvalue weighted by Crippen LogP contribution is -2.48. The van der Waals surface area contributed by atoms with Crippen molar-refractivity contribution in [3.63, 3.8) is 0 Å². The van der Waals surface area contributed by atoms with Crippen LogP contribution in [0.4, 0.5) is 0 Å². The van der Waals surface area contributed by atoms with Gasteiger partial charge in [-0.2, -0.15) is 0 Å². The molecule has 1 aliphatic heterocycles. The van der Waals surface area contributed by atoms with Crippen molar-refractivity contribution in [2.75, 3.05) is 13.1 Å². The Labute approximate surface area is 102 Å². The maximum Gasteiger partial charge on any atom is 0.287 e. The molecule has 0 aromatic carbocycles. The molecule has 17 heavy (non-hydrogen) atoms. The molecular formula is C13H20N2O2. The van der Waals surface area contributed by atoms with Gasteiger partial charge in [0.15, 0.2) is 5.76 Å². The number of hydrogen-bond donors (Lipinski definition) is 2. The number of furan rings is 1. The molecule has 4 heteroatoms. The van der Waals surface area contributed by atoms with E-state index in [2.05, 4.69) is 17.6 Å². The van der Waals surface area contributed by atoms with Crippen LogP contribution < -0.4 is 10.6 Å². The molecule has 1 fully saturated rings. The first-order chi connectivity index (χ1) is 8.08. The summed E-state index contributed by atoms with van der Waals surface area (Å²) in [4.78, 5) is 12.1. The molecule has 2 heterocycles. The second kappa shape index (κ2) is 4.92. The molecule has 94 valence electrons. The van der Waals surface area contributed by atoms with E-state index in [0.29, 0.717) is 11.7 Å². The Morgan fingerprint density at radius 2 is 2.29 bits per heavy atom. The number of rotatable bonds is 2.